The normalized spacial score (nSPS) is 19.9. The highest BCUT2D eigenvalue weighted by Gasteiger charge is 2.57. The van der Waals surface area contributed by atoms with Crippen molar-refractivity contribution >= 4 is 42.1 Å². The zero-order valence-corrected chi connectivity index (χ0v) is 16.9. The summed E-state index contributed by atoms with van der Waals surface area (Å²) >= 11 is 1.63. The summed E-state index contributed by atoms with van der Waals surface area (Å²) in [4.78, 5) is 21.3. The van der Waals surface area contributed by atoms with Gasteiger partial charge >= 0.3 is 0 Å². The van der Waals surface area contributed by atoms with Gasteiger partial charge in [0.15, 0.2) is 0 Å². The standard InChI is InChI=1S/C18H22N4OS.2ClH/c23-17(13-11-18(13)5-9-19-10-6-18)21-8-4-16-22-15(12-24-16)14-3-1-2-7-20-14;;/h1-3,7,12-13,19H,4-6,8-11H2,(H,21,23);2*1H. The molecule has 8 heteroatoms. The maximum Gasteiger partial charge on any atom is 0.223 e. The van der Waals surface area contributed by atoms with Crippen LogP contribution in [0.15, 0.2) is 29.8 Å². The molecule has 1 aliphatic carbocycles. The van der Waals surface area contributed by atoms with Gasteiger partial charge in [-0.2, -0.15) is 0 Å². The van der Waals surface area contributed by atoms with Crippen molar-refractivity contribution in [3.8, 4) is 11.4 Å². The fraction of sp³-hybridized carbons (Fsp3) is 0.500. The molecule has 1 aliphatic heterocycles. The van der Waals surface area contributed by atoms with E-state index in [4.69, 9.17) is 0 Å². The molecule has 2 fully saturated rings. The number of carbonyl (C=O) groups excluding carboxylic acids is 1. The van der Waals surface area contributed by atoms with E-state index in [1.807, 2.05) is 23.6 Å². The highest BCUT2D eigenvalue weighted by molar-refractivity contribution is 7.09. The highest BCUT2D eigenvalue weighted by atomic mass is 35.5. The number of piperidine rings is 1. The average molecular weight is 415 g/mol. The summed E-state index contributed by atoms with van der Waals surface area (Å²) in [7, 11) is 0. The number of hydrogen-bond donors (Lipinski definition) is 2. The minimum absolute atomic E-state index is 0. The van der Waals surface area contributed by atoms with E-state index in [1.165, 1.54) is 0 Å². The molecular weight excluding hydrogens is 391 g/mol. The third-order valence-corrected chi connectivity index (χ3v) is 6.13. The molecule has 2 aromatic heterocycles. The Hall–Kier alpha value is -1.21. The van der Waals surface area contributed by atoms with Crippen molar-refractivity contribution in [2.75, 3.05) is 19.6 Å². The van der Waals surface area contributed by atoms with Gasteiger partial charge in [-0.3, -0.25) is 9.78 Å². The van der Waals surface area contributed by atoms with Gasteiger partial charge in [-0.05, 0) is 49.9 Å². The number of halogens is 2. The Morgan fingerprint density at radius 1 is 1.27 bits per heavy atom. The van der Waals surface area contributed by atoms with E-state index < -0.39 is 0 Å². The second kappa shape index (κ2) is 9.13. The van der Waals surface area contributed by atoms with Crippen molar-refractivity contribution in [3.63, 3.8) is 0 Å². The number of rotatable bonds is 5. The van der Waals surface area contributed by atoms with Crippen LogP contribution in [0.4, 0.5) is 0 Å². The maximum absolute atomic E-state index is 12.3. The van der Waals surface area contributed by atoms with Crippen LogP contribution in [-0.4, -0.2) is 35.5 Å². The quantitative estimate of drug-likeness (QED) is 0.788. The third kappa shape index (κ3) is 4.55. The number of amides is 1. The Bertz CT molecular complexity index is 719. The van der Waals surface area contributed by atoms with Crippen molar-refractivity contribution in [2.45, 2.75) is 25.7 Å². The van der Waals surface area contributed by atoms with Crippen LogP contribution in [0.5, 0.6) is 0 Å². The van der Waals surface area contributed by atoms with Crippen LogP contribution in [0.25, 0.3) is 11.4 Å². The first kappa shape index (κ1) is 21.1. The molecule has 142 valence electrons. The lowest BCUT2D eigenvalue weighted by molar-refractivity contribution is -0.123. The molecule has 2 aromatic rings. The zero-order chi connectivity index (χ0) is 16.4. The molecule has 4 rings (SSSR count). The largest absolute Gasteiger partial charge is 0.355 e. The highest BCUT2D eigenvalue weighted by Crippen LogP contribution is 2.58. The Morgan fingerprint density at radius 2 is 2.08 bits per heavy atom. The monoisotopic (exact) mass is 414 g/mol. The van der Waals surface area contributed by atoms with Crippen LogP contribution < -0.4 is 10.6 Å². The first-order valence-electron chi connectivity index (χ1n) is 8.61. The summed E-state index contributed by atoms with van der Waals surface area (Å²) in [5.74, 6) is 0.471. The smallest absolute Gasteiger partial charge is 0.223 e. The molecule has 2 aliphatic rings. The first-order chi connectivity index (χ1) is 11.8. The summed E-state index contributed by atoms with van der Waals surface area (Å²) in [5, 5.41) is 9.56. The summed E-state index contributed by atoms with van der Waals surface area (Å²) in [6.07, 6.45) is 5.92. The van der Waals surface area contributed by atoms with E-state index in [-0.39, 0.29) is 36.6 Å². The zero-order valence-electron chi connectivity index (χ0n) is 14.4. The predicted octanol–water partition coefficient (Wildman–Crippen LogP) is 3.10. The number of pyridine rings is 1. The molecule has 1 saturated heterocycles. The molecule has 26 heavy (non-hydrogen) atoms. The van der Waals surface area contributed by atoms with Gasteiger partial charge in [0, 0.05) is 30.5 Å². The number of aromatic nitrogens is 2. The van der Waals surface area contributed by atoms with Gasteiger partial charge in [-0.25, -0.2) is 4.98 Å². The van der Waals surface area contributed by atoms with Gasteiger partial charge in [0.05, 0.1) is 16.4 Å². The van der Waals surface area contributed by atoms with Crippen molar-refractivity contribution in [1.82, 2.24) is 20.6 Å². The van der Waals surface area contributed by atoms with E-state index in [0.717, 1.165) is 55.2 Å². The predicted molar refractivity (Wildman–Crippen MR) is 109 cm³/mol. The minimum atomic E-state index is 0. The van der Waals surface area contributed by atoms with Crippen LogP contribution in [-0.2, 0) is 11.2 Å². The molecule has 1 unspecified atom stereocenters. The molecule has 2 N–H and O–H groups in total. The Morgan fingerprint density at radius 3 is 2.81 bits per heavy atom. The third-order valence-electron chi connectivity index (χ3n) is 5.22. The van der Waals surface area contributed by atoms with E-state index in [0.29, 0.717) is 12.0 Å². The Balaban J connectivity index is 0.00000121. The SMILES string of the molecule is Cl.Cl.O=C(NCCc1nc(-c2ccccn2)cs1)C1CC12CCNCC2. The topological polar surface area (TPSA) is 66.9 Å². The number of nitrogens with zero attached hydrogens (tertiary/aromatic N) is 2. The van der Waals surface area contributed by atoms with Crippen molar-refractivity contribution < 1.29 is 4.79 Å². The molecular formula is C18H24Cl2N4OS. The minimum Gasteiger partial charge on any atom is -0.355 e. The van der Waals surface area contributed by atoms with Gasteiger partial charge in [0.2, 0.25) is 5.91 Å². The summed E-state index contributed by atoms with van der Waals surface area (Å²) in [6, 6.07) is 5.83. The van der Waals surface area contributed by atoms with Gasteiger partial charge in [0.1, 0.15) is 0 Å². The van der Waals surface area contributed by atoms with Gasteiger partial charge < -0.3 is 10.6 Å². The van der Waals surface area contributed by atoms with Gasteiger partial charge in [-0.1, -0.05) is 6.07 Å². The summed E-state index contributed by atoms with van der Waals surface area (Å²) < 4.78 is 0. The number of thiazole rings is 1. The van der Waals surface area contributed by atoms with Crippen LogP contribution in [0.3, 0.4) is 0 Å². The van der Waals surface area contributed by atoms with E-state index in [2.05, 4.69) is 20.6 Å². The molecule has 3 heterocycles. The lowest BCUT2D eigenvalue weighted by Gasteiger charge is -2.23. The van der Waals surface area contributed by atoms with Crippen molar-refractivity contribution in [2.24, 2.45) is 11.3 Å². The second-order valence-corrected chi connectivity index (χ2v) is 7.69. The Kier molecular flexibility index (Phi) is 7.41. The summed E-state index contributed by atoms with van der Waals surface area (Å²) in [6.45, 7) is 2.78. The van der Waals surface area contributed by atoms with Crippen LogP contribution in [0.2, 0.25) is 0 Å². The molecule has 1 spiro atoms. The van der Waals surface area contributed by atoms with E-state index in [9.17, 15) is 4.79 Å². The molecule has 1 atom stereocenters. The van der Waals surface area contributed by atoms with Gasteiger partial charge in [-0.15, -0.1) is 36.2 Å². The average Bonchev–Trinajstić information content (AvgIpc) is 3.10. The molecule has 0 bridgehead atoms. The maximum atomic E-state index is 12.3. The van der Waals surface area contributed by atoms with Crippen molar-refractivity contribution in [1.29, 1.82) is 0 Å². The van der Waals surface area contributed by atoms with Crippen LogP contribution >= 0.6 is 36.2 Å². The molecule has 5 nitrogen and oxygen atoms in total. The molecule has 1 saturated carbocycles. The number of hydrogen-bond acceptors (Lipinski definition) is 5. The molecule has 1 amide bonds. The van der Waals surface area contributed by atoms with Gasteiger partial charge in [0.25, 0.3) is 0 Å². The second-order valence-electron chi connectivity index (χ2n) is 6.75. The van der Waals surface area contributed by atoms with Crippen LogP contribution in [0.1, 0.15) is 24.3 Å². The summed E-state index contributed by atoms with van der Waals surface area (Å²) in [5.41, 5.74) is 2.12. The van der Waals surface area contributed by atoms with E-state index >= 15 is 0 Å². The van der Waals surface area contributed by atoms with E-state index in [1.54, 1.807) is 17.5 Å². The number of nitrogens with one attached hydrogen (secondary N) is 2. The Labute approximate surface area is 170 Å². The number of carbonyl (C=O) groups is 1. The lowest BCUT2D eigenvalue weighted by Crippen LogP contribution is -2.34. The lowest BCUT2D eigenvalue weighted by atomic mass is 9.92. The molecule has 0 radical (unpaired) electrons. The first-order valence-corrected chi connectivity index (χ1v) is 9.49. The molecule has 0 aromatic carbocycles. The fourth-order valence-electron chi connectivity index (χ4n) is 3.67. The van der Waals surface area contributed by atoms with Crippen molar-refractivity contribution in [3.05, 3.63) is 34.8 Å². The fourth-order valence-corrected chi connectivity index (χ4v) is 4.46. The van der Waals surface area contributed by atoms with Crippen LogP contribution in [0, 0.1) is 11.3 Å².